The van der Waals surface area contributed by atoms with Crippen LogP contribution in [0.1, 0.15) is 29.7 Å². The van der Waals surface area contributed by atoms with E-state index in [2.05, 4.69) is 4.98 Å². The zero-order chi connectivity index (χ0) is 18.9. The molecule has 0 bridgehead atoms. The van der Waals surface area contributed by atoms with Gasteiger partial charge in [-0.2, -0.15) is 18.4 Å². The van der Waals surface area contributed by atoms with Crippen molar-refractivity contribution in [3.05, 3.63) is 63.3 Å². The molecule has 0 N–H and O–H groups in total. The molecule has 26 heavy (non-hydrogen) atoms. The van der Waals surface area contributed by atoms with E-state index in [4.69, 9.17) is 0 Å². The smallest absolute Gasteiger partial charge is 0.348 e. The summed E-state index contributed by atoms with van der Waals surface area (Å²) in [7, 11) is 0. The van der Waals surface area contributed by atoms with E-state index in [-0.39, 0.29) is 29.7 Å². The zero-order valence-electron chi connectivity index (χ0n) is 13.4. The van der Waals surface area contributed by atoms with Crippen molar-refractivity contribution in [2.24, 2.45) is 0 Å². The number of nitro benzene ring substituents is 1. The third kappa shape index (κ3) is 3.59. The summed E-state index contributed by atoms with van der Waals surface area (Å²) < 4.78 is 39.1. The summed E-state index contributed by atoms with van der Waals surface area (Å²) in [5, 5.41) is 20.5. The Kier molecular flexibility index (Phi) is 4.50. The molecular formula is C17H13F3N4O2. The van der Waals surface area contributed by atoms with Crippen LogP contribution >= 0.6 is 0 Å². The number of para-hydroxylation sites is 1. The summed E-state index contributed by atoms with van der Waals surface area (Å²) >= 11 is 0. The lowest BCUT2D eigenvalue weighted by Crippen LogP contribution is -2.28. The van der Waals surface area contributed by atoms with Crippen molar-refractivity contribution in [2.45, 2.75) is 31.6 Å². The van der Waals surface area contributed by atoms with Gasteiger partial charge in [0.2, 0.25) is 0 Å². The molecule has 9 heteroatoms. The predicted molar refractivity (Wildman–Crippen MR) is 86.3 cm³/mol. The van der Waals surface area contributed by atoms with Crippen molar-refractivity contribution < 1.29 is 18.1 Å². The largest absolute Gasteiger partial charge is 0.433 e. The van der Waals surface area contributed by atoms with Gasteiger partial charge in [0, 0.05) is 17.7 Å². The minimum Gasteiger partial charge on any atom is -0.348 e. The van der Waals surface area contributed by atoms with Crippen LogP contribution in [0.4, 0.5) is 24.7 Å². The van der Waals surface area contributed by atoms with E-state index in [0.29, 0.717) is 5.56 Å². The van der Waals surface area contributed by atoms with Gasteiger partial charge in [0.25, 0.3) is 5.69 Å². The number of pyridine rings is 1. The van der Waals surface area contributed by atoms with Crippen molar-refractivity contribution in [2.75, 3.05) is 4.90 Å². The Balaban J connectivity index is 2.05. The highest BCUT2D eigenvalue weighted by atomic mass is 19.4. The van der Waals surface area contributed by atoms with Gasteiger partial charge in [-0.1, -0.05) is 18.2 Å². The van der Waals surface area contributed by atoms with Crippen LogP contribution in [0.2, 0.25) is 0 Å². The molecule has 1 aliphatic rings. The minimum absolute atomic E-state index is 0.00323. The summed E-state index contributed by atoms with van der Waals surface area (Å²) in [5.74, 6) is -0.0945. The number of anilines is 1. The fraction of sp³-hybridized carbons (Fsp3) is 0.294. The predicted octanol–water partition coefficient (Wildman–Crippen LogP) is 4.05. The van der Waals surface area contributed by atoms with Crippen molar-refractivity contribution in [1.29, 1.82) is 5.26 Å². The second kappa shape index (κ2) is 6.63. The third-order valence-electron chi connectivity index (χ3n) is 4.07. The molecule has 3 rings (SSSR count). The number of halogens is 3. The standard InChI is InChI=1S/C17H13F3N4O2/c18-17(19,20)15-8-5-11(9-21)16(22-15)23(13-6-7-13)10-12-3-1-2-4-14(12)24(25)26/h1-5,8,13H,6-7,10H2. The first-order valence-electron chi connectivity index (χ1n) is 7.78. The molecule has 0 atom stereocenters. The topological polar surface area (TPSA) is 83.1 Å². The van der Waals surface area contributed by atoms with Crippen LogP contribution in [-0.2, 0) is 12.7 Å². The van der Waals surface area contributed by atoms with E-state index in [1.165, 1.54) is 12.1 Å². The number of benzene rings is 1. The summed E-state index contributed by atoms with van der Waals surface area (Å²) in [6.07, 6.45) is -3.19. The normalized spacial score (nSPS) is 13.9. The molecular weight excluding hydrogens is 349 g/mol. The summed E-state index contributed by atoms with van der Waals surface area (Å²) in [5.41, 5.74) is -0.862. The molecule has 6 nitrogen and oxygen atoms in total. The Morgan fingerprint density at radius 3 is 2.54 bits per heavy atom. The van der Waals surface area contributed by atoms with E-state index >= 15 is 0 Å². The maximum atomic E-state index is 13.0. The Labute approximate surface area is 146 Å². The van der Waals surface area contributed by atoms with Crippen molar-refractivity contribution in [3.8, 4) is 6.07 Å². The molecule has 2 aromatic rings. The fourth-order valence-corrected chi connectivity index (χ4v) is 2.68. The summed E-state index contributed by atoms with van der Waals surface area (Å²) in [6.45, 7) is 0.00477. The first-order chi connectivity index (χ1) is 12.3. The lowest BCUT2D eigenvalue weighted by atomic mass is 10.1. The van der Waals surface area contributed by atoms with Gasteiger partial charge in [-0.15, -0.1) is 0 Å². The number of nitro groups is 1. The number of aromatic nitrogens is 1. The quantitative estimate of drug-likeness (QED) is 0.592. The Morgan fingerprint density at radius 2 is 1.96 bits per heavy atom. The number of hydrogen-bond donors (Lipinski definition) is 0. The number of rotatable bonds is 5. The molecule has 1 saturated carbocycles. The maximum absolute atomic E-state index is 13.0. The minimum atomic E-state index is -4.64. The molecule has 0 aliphatic heterocycles. The van der Waals surface area contributed by atoms with Gasteiger partial charge in [-0.3, -0.25) is 10.1 Å². The van der Waals surface area contributed by atoms with Gasteiger partial charge in [-0.25, -0.2) is 4.98 Å². The highest BCUT2D eigenvalue weighted by Gasteiger charge is 2.37. The van der Waals surface area contributed by atoms with Gasteiger partial charge < -0.3 is 4.90 Å². The number of alkyl halides is 3. The summed E-state index contributed by atoms with van der Waals surface area (Å²) in [6, 6.07) is 9.63. The summed E-state index contributed by atoms with van der Waals surface area (Å²) in [4.78, 5) is 15.9. The molecule has 0 amide bonds. The second-order valence-electron chi connectivity index (χ2n) is 5.92. The van der Waals surface area contributed by atoms with Crippen molar-refractivity contribution >= 4 is 11.5 Å². The first kappa shape index (κ1) is 17.7. The number of hydrogen-bond acceptors (Lipinski definition) is 5. The average molecular weight is 362 g/mol. The average Bonchev–Trinajstić information content (AvgIpc) is 3.43. The third-order valence-corrected chi connectivity index (χ3v) is 4.07. The monoisotopic (exact) mass is 362 g/mol. The lowest BCUT2D eigenvalue weighted by Gasteiger charge is -2.25. The molecule has 0 unspecified atom stereocenters. The number of nitriles is 1. The molecule has 1 aromatic carbocycles. The Bertz CT molecular complexity index is 888. The highest BCUT2D eigenvalue weighted by Crippen LogP contribution is 2.37. The van der Waals surface area contributed by atoms with Crippen LogP contribution in [0.5, 0.6) is 0 Å². The molecule has 1 heterocycles. The van der Waals surface area contributed by atoms with Gasteiger partial charge in [0.05, 0.1) is 17.0 Å². The van der Waals surface area contributed by atoms with Gasteiger partial charge in [0.15, 0.2) is 0 Å². The SMILES string of the molecule is N#Cc1ccc(C(F)(F)F)nc1N(Cc1ccccc1[N+](=O)[O-])C1CC1. The van der Waals surface area contributed by atoms with E-state index in [9.17, 15) is 28.5 Å². The molecule has 0 saturated heterocycles. The molecule has 0 radical (unpaired) electrons. The van der Waals surface area contributed by atoms with Gasteiger partial charge >= 0.3 is 6.18 Å². The lowest BCUT2D eigenvalue weighted by molar-refractivity contribution is -0.385. The number of nitrogens with zero attached hydrogens (tertiary/aromatic N) is 4. The van der Waals surface area contributed by atoms with E-state index in [1.807, 2.05) is 6.07 Å². The molecule has 134 valence electrons. The van der Waals surface area contributed by atoms with Gasteiger partial charge in [0.1, 0.15) is 17.6 Å². The van der Waals surface area contributed by atoms with Crippen LogP contribution in [0.25, 0.3) is 0 Å². The highest BCUT2D eigenvalue weighted by molar-refractivity contribution is 5.57. The van der Waals surface area contributed by atoms with Crippen LogP contribution in [-0.4, -0.2) is 15.9 Å². The molecule has 1 aliphatic carbocycles. The van der Waals surface area contributed by atoms with Gasteiger partial charge in [-0.05, 0) is 25.0 Å². The Morgan fingerprint density at radius 1 is 1.27 bits per heavy atom. The van der Waals surface area contributed by atoms with E-state index in [1.54, 1.807) is 17.0 Å². The van der Waals surface area contributed by atoms with E-state index < -0.39 is 16.8 Å². The van der Waals surface area contributed by atoms with Crippen molar-refractivity contribution in [1.82, 2.24) is 4.98 Å². The Hall–Kier alpha value is -3.15. The second-order valence-corrected chi connectivity index (χ2v) is 5.92. The maximum Gasteiger partial charge on any atom is 0.433 e. The van der Waals surface area contributed by atoms with Crippen molar-refractivity contribution in [3.63, 3.8) is 0 Å². The van der Waals surface area contributed by atoms with E-state index in [0.717, 1.165) is 25.0 Å². The molecule has 1 fully saturated rings. The molecule has 0 spiro atoms. The van der Waals surface area contributed by atoms with Crippen LogP contribution in [0.3, 0.4) is 0 Å². The zero-order valence-corrected chi connectivity index (χ0v) is 13.4. The molecule has 1 aromatic heterocycles. The fourth-order valence-electron chi connectivity index (χ4n) is 2.68. The van der Waals surface area contributed by atoms with Crippen LogP contribution in [0, 0.1) is 21.4 Å². The van der Waals surface area contributed by atoms with Crippen LogP contribution < -0.4 is 4.90 Å². The first-order valence-corrected chi connectivity index (χ1v) is 7.78. The van der Waals surface area contributed by atoms with Crippen LogP contribution in [0.15, 0.2) is 36.4 Å².